The number of aliphatic hydroxyl groups excluding tert-OH is 1. The monoisotopic (exact) mass is 284 g/mol. The Morgan fingerprint density at radius 1 is 1.53 bits per heavy atom. The van der Waals surface area contributed by atoms with Gasteiger partial charge in [-0.2, -0.15) is 4.98 Å². The molecule has 0 saturated carbocycles. The minimum atomic E-state index is -0.507. The van der Waals surface area contributed by atoms with Crippen LogP contribution in [0.3, 0.4) is 0 Å². The molecule has 1 saturated heterocycles. The van der Waals surface area contributed by atoms with E-state index in [1.165, 1.54) is 4.57 Å². The maximum atomic E-state index is 12.0. The fraction of sp³-hybridized carbons (Fsp3) is 0.500. The molecule has 2 unspecified atom stereocenters. The first-order chi connectivity index (χ1) is 9.10. The number of H-pyrrole nitrogens is 1. The summed E-state index contributed by atoms with van der Waals surface area (Å²) < 4.78 is 7.12. The molecule has 2 aromatic heterocycles. The summed E-state index contributed by atoms with van der Waals surface area (Å²) >= 11 is 0.813. The molecule has 1 fully saturated rings. The van der Waals surface area contributed by atoms with Crippen molar-refractivity contribution in [1.82, 2.24) is 14.5 Å². The van der Waals surface area contributed by atoms with Gasteiger partial charge < -0.3 is 15.6 Å². The predicted octanol–water partition coefficient (Wildman–Crippen LogP) is -0.602. The first-order valence-corrected chi connectivity index (χ1v) is 6.59. The van der Waals surface area contributed by atoms with E-state index in [9.17, 15) is 9.59 Å². The molecule has 0 spiro atoms. The Balaban J connectivity index is 2.16. The van der Waals surface area contributed by atoms with Gasteiger partial charge in [0.25, 0.3) is 5.56 Å². The molecule has 0 amide bonds. The number of aliphatic hydroxyl groups is 1. The van der Waals surface area contributed by atoms with Crippen LogP contribution >= 0.6 is 11.3 Å². The van der Waals surface area contributed by atoms with Crippen molar-refractivity contribution in [3.8, 4) is 0 Å². The summed E-state index contributed by atoms with van der Waals surface area (Å²) in [6, 6.07) is 0. The predicted molar refractivity (Wildman–Crippen MR) is 69.1 cm³/mol. The normalized spacial score (nSPS) is 23.2. The fourth-order valence-electron chi connectivity index (χ4n) is 2.21. The van der Waals surface area contributed by atoms with E-state index >= 15 is 0 Å². The third kappa shape index (κ3) is 1.95. The Morgan fingerprint density at radius 3 is 3.00 bits per heavy atom. The van der Waals surface area contributed by atoms with Crippen LogP contribution in [0.25, 0.3) is 10.3 Å². The first-order valence-electron chi connectivity index (χ1n) is 5.77. The maximum Gasteiger partial charge on any atom is 0.311 e. The van der Waals surface area contributed by atoms with Gasteiger partial charge in [-0.3, -0.25) is 19.1 Å². The lowest BCUT2D eigenvalue weighted by Gasteiger charge is -2.13. The Kier molecular flexibility index (Phi) is 2.88. The number of anilines is 1. The number of nitrogens with one attached hydrogen (secondary N) is 1. The molecule has 1 aliphatic rings. The number of nitrogen functional groups attached to an aromatic ring is 1. The zero-order valence-corrected chi connectivity index (χ0v) is 10.6. The highest BCUT2D eigenvalue weighted by atomic mass is 32.1. The number of thiazole rings is 1. The van der Waals surface area contributed by atoms with Crippen LogP contribution in [0, 0.1) is 0 Å². The van der Waals surface area contributed by atoms with Gasteiger partial charge in [-0.05, 0) is 12.8 Å². The molecule has 1 aliphatic heterocycles. The van der Waals surface area contributed by atoms with E-state index < -0.39 is 11.8 Å². The summed E-state index contributed by atoms with van der Waals surface area (Å²) in [5.74, 6) is -0.0410. The number of aromatic amines is 1. The van der Waals surface area contributed by atoms with E-state index in [-0.39, 0.29) is 33.9 Å². The number of hydrogen-bond acceptors (Lipinski definition) is 7. The lowest BCUT2D eigenvalue weighted by Crippen LogP contribution is -2.22. The molecule has 0 aromatic carbocycles. The van der Waals surface area contributed by atoms with Crippen LogP contribution in [0.1, 0.15) is 19.1 Å². The third-order valence-electron chi connectivity index (χ3n) is 3.07. The minimum absolute atomic E-state index is 0.0410. The Hall–Kier alpha value is -1.71. The molecule has 19 heavy (non-hydrogen) atoms. The van der Waals surface area contributed by atoms with Crippen LogP contribution in [-0.4, -0.2) is 32.4 Å². The number of aromatic nitrogens is 3. The fourth-order valence-corrected chi connectivity index (χ4v) is 3.07. The SMILES string of the molecule is Nc1nc2c(sc(=O)n2C2CCC(CO)O2)c(=O)[nH]1. The second-order valence-corrected chi connectivity index (χ2v) is 5.28. The third-order valence-corrected chi connectivity index (χ3v) is 4.01. The standard InChI is InChI=1S/C10H12N4O4S/c11-9-12-7-6(8(16)13-9)19-10(17)14(7)5-2-1-4(3-15)18-5/h4-5,15H,1-3H2,(H3,11,12,13,16). The highest BCUT2D eigenvalue weighted by Crippen LogP contribution is 2.29. The largest absolute Gasteiger partial charge is 0.394 e. The van der Waals surface area contributed by atoms with E-state index in [0.29, 0.717) is 12.8 Å². The lowest BCUT2D eigenvalue weighted by atomic mass is 10.2. The minimum Gasteiger partial charge on any atom is -0.394 e. The summed E-state index contributed by atoms with van der Waals surface area (Å²) in [4.78, 5) is 29.7. The molecule has 102 valence electrons. The Bertz CT molecular complexity index is 733. The van der Waals surface area contributed by atoms with Crippen LogP contribution in [0.5, 0.6) is 0 Å². The van der Waals surface area contributed by atoms with Crippen LogP contribution in [-0.2, 0) is 4.74 Å². The summed E-state index contributed by atoms with van der Waals surface area (Å²) in [6.07, 6.45) is 0.452. The van der Waals surface area contributed by atoms with Gasteiger partial charge in [0, 0.05) is 0 Å². The van der Waals surface area contributed by atoms with Gasteiger partial charge in [-0.15, -0.1) is 0 Å². The number of nitrogens with zero attached hydrogens (tertiary/aromatic N) is 2. The smallest absolute Gasteiger partial charge is 0.311 e. The molecule has 0 bridgehead atoms. The first kappa shape index (κ1) is 12.3. The van der Waals surface area contributed by atoms with E-state index in [1.54, 1.807) is 0 Å². The van der Waals surface area contributed by atoms with Gasteiger partial charge in [0.05, 0.1) is 12.7 Å². The molecule has 2 aromatic rings. The number of rotatable bonds is 2. The van der Waals surface area contributed by atoms with Crippen molar-refractivity contribution in [2.75, 3.05) is 12.3 Å². The van der Waals surface area contributed by atoms with Crippen molar-refractivity contribution >= 4 is 27.6 Å². The molecule has 0 radical (unpaired) electrons. The summed E-state index contributed by atoms with van der Waals surface area (Å²) in [6.45, 7) is -0.0938. The van der Waals surface area contributed by atoms with E-state index in [4.69, 9.17) is 15.6 Å². The molecule has 3 heterocycles. The average molecular weight is 284 g/mol. The Morgan fingerprint density at radius 2 is 2.32 bits per heavy atom. The Labute approximate surface area is 110 Å². The van der Waals surface area contributed by atoms with Gasteiger partial charge >= 0.3 is 4.87 Å². The number of fused-ring (bicyclic) bond motifs is 1. The molecule has 4 N–H and O–H groups in total. The van der Waals surface area contributed by atoms with Crippen molar-refractivity contribution in [3.63, 3.8) is 0 Å². The average Bonchev–Trinajstić information content (AvgIpc) is 2.93. The second kappa shape index (κ2) is 4.44. The zero-order chi connectivity index (χ0) is 13.6. The van der Waals surface area contributed by atoms with E-state index in [0.717, 1.165) is 11.3 Å². The number of hydrogen-bond donors (Lipinski definition) is 3. The maximum absolute atomic E-state index is 12.0. The lowest BCUT2D eigenvalue weighted by molar-refractivity contribution is -0.0214. The van der Waals surface area contributed by atoms with Crippen molar-refractivity contribution in [1.29, 1.82) is 0 Å². The van der Waals surface area contributed by atoms with Crippen molar-refractivity contribution in [2.24, 2.45) is 0 Å². The van der Waals surface area contributed by atoms with E-state index in [2.05, 4.69) is 9.97 Å². The van der Waals surface area contributed by atoms with Gasteiger partial charge in [-0.25, -0.2) is 0 Å². The molecular formula is C10H12N4O4S. The van der Waals surface area contributed by atoms with Gasteiger partial charge in [-0.1, -0.05) is 11.3 Å². The van der Waals surface area contributed by atoms with Gasteiger partial charge in [0.15, 0.2) is 5.65 Å². The summed E-state index contributed by atoms with van der Waals surface area (Å²) in [7, 11) is 0. The summed E-state index contributed by atoms with van der Waals surface area (Å²) in [5.41, 5.74) is 5.30. The topological polar surface area (TPSA) is 123 Å². The van der Waals surface area contributed by atoms with Crippen molar-refractivity contribution in [2.45, 2.75) is 25.2 Å². The van der Waals surface area contributed by atoms with Gasteiger partial charge in [0.1, 0.15) is 10.9 Å². The number of ether oxygens (including phenoxy) is 1. The highest BCUT2D eigenvalue weighted by Gasteiger charge is 2.29. The van der Waals surface area contributed by atoms with Gasteiger partial charge in [0.2, 0.25) is 5.95 Å². The van der Waals surface area contributed by atoms with Crippen LogP contribution in [0.2, 0.25) is 0 Å². The molecule has 3 rings (SSSR count). The molecule has 2 atom stereocenters. The van der Waals surface area contributed by atoms with Crippen LogP contribution in [0.4, 0.5) is 5.95 Å². The van der Waals surface area contributed by atoms with E-state index in [1.807, 2.05) is 0 Å². The molecule has 9 heteroatoms. The van der Waals surface area contributed by atoms with Crippen LogP contribution < -0.4 is 16.2 Å². The second-order valence-electron chi connectivity index (χ2n) is 4.31. The molecule has 8 nitrogen and oxygen atoms in total. The van der Waals surface area contributed by atoms with Crippen molar-refractivity contribution in [3.05, 3.63) is 20.0 Å². The van der Waals surface area contributed by atoms with Crippen molar-refractivity contribution < 1.29 is 9.84 Å². The summed E-state index contributed by atoms with van der Waals surface area (Å²) in [5, 5.41) is 9.05. The quantitative estimate of drug-likeness (QED) is 0.676. The van der Waals surface area contributed by atoms with Crippen LogP contribution in [0.15, 0.2) is 9.59 Å². The highest BCUT2D eigenvalue weighted by molar-refractivity contribution is 7.16. The zero-order valence-electron chi connectivity index (χ0n) is 9.83. The molecule has 0 aliphatic carbocycles. The number of nitrogens with two attached hydrogens (primary N) is 1. The molecular weight excluding hydrogens is 272 g/mol.